The van der Waals surface area contributed by atoms with Crippen LogP contribution in [0.15, 0.2) is 11.6 Å². The summed E-state index contributed by atoms with van der Waals surface area (Å²) in [6.07, 6.45) is 8.46. The van der Waals surface area contributed by atoms with Crippen LogP contribution in [0.3, 0.4) is 0 Å². The van der Waals surface area contributed by atoms with E-state index in [4.69, 9.17) is 4.52 Å². The highest BCUT2D eigenvalue weighted by molar-refractivity contribution is 7.60. The summed E-state index contributed by atoms with van der Waals surface area (Å²) in [5.41, 5.74) is 0.319. The molecule has 0 aromatic rings. The van der Waals surface area contributed by atoms with E-state index in [1.807, 2.05) is 13.0 Å². The first-order chi connectivity index (χ1) is 10.3. The second kappa shape index (κ2) is 6.88. The molecule has 0 radical (unpaired) electrons. The van der Waals surface area contributed by atoms with Crippen molar-refractivity contribution in [1.29, 1.82) is 0 Å². The first-order valence-electron chi connectivity index (χ1n) is 8.46. The molecule has 126 valence electrons. The monoisotopic (exact) mass is 328 g/mol. The zero-order valence-corrected chi connectivity index (χ0v) is 14.9. The van der Waals surface area contributed by atoms with Crippen molar-refractivity contribution in [2.24, 2.45) is 11.3 Å². The van der Waals surface area contributed by atoms with Crippen LogP contribution in [0.25, 0.3) is 0 Å². The van der Waals surface area contributed by atoms with Crippen LogP contribution in [0.4, 0.5) is 0 Å². The van der Waals surface area contributed by atoms with Gasteiger partial charge in [-0.15, -0.1) is 0 Å². The molecule has 1 N–H and O–H groups in total. The molecule has 0 spiro atoms. The van der Waals surface area contributed by atoms with Crippen molar-refractivity contribution >= 4 is 13.3 Å². The average molecular weight is 328 g/mol. The molecule has 2 unspecified atom stereocenters. The van der Waals surface area contributed by atoms with Gasteiger partial charge in [0, 0.05) is 11.2 Å². The van der Waals surface area contributed by atoms with Gasteiger partial charge in [-0.25, -0.2) is 4.79 Å². The van der Waals surface area contributed by atoms with Crippen LogP contribution in [-0.2, 0) is 13.9 Å². The Morgan fingerprint density at radius 2 is 1.91 bits per heavy atom. The molecule has 2 rings (SSSR count). The van der Waals surface area contributed by atoms with Gasteiger partial charge in [-0.05, 0) is 37.5 Å². The van der Waals surface area contributed by atoms with Crippen molar-refractivity contribution in [3.63, 3.8) is 0 Å². The van der Waals surface area contributed by atoms with Gasteiger partial charge >= 0.3 is 5.97 Å². The standard InChI is InChI=1S/C17H29O4P/c1-4-21-22(20,15-11-17(15,2)3)12-14(16(18)19)10-13-8-6-5-7-9-13/h10,13,15H,4-9,11-12H2,1-3H3,(H,18,19)/b14-10-. The molecule has 4 nitrogen and oxygen atoms in total. The summed E-state index contributed by atoms with van der Waals surface area (Å²) < 4.78 is 18.8. The normalized spacial score (nSPS) is 28.1. The van der Waals surface area contributed by atoms with Crippen LogP contribution in [0.5, 0.6) is 0 Å². The molecule has 5 heteroatoms. The molecule has 22 heavy (non-hydrogen) atoms. The summed E-state index contributed by atoms with van der Waals surface area (Å²) in [7, 11) is -2.93. The van der Waals surface area contributed by atoms with Crippen molar-refractivity contribution in [3.05, 3.63) is 11.6 Å². The van der Waals surface area contributed by atoms with E-state index in [2.05, 4.69) is 13.8 Å². The van der Waals surface area contributed by atoms with E-state index in [0.717, 1.165) is 32.1 Å². The molecule has 0 amide bonds. The minimum absolute atomic E-state index is 0.00839. The number of hydrogen-bond acceptors (Lipinski definition) is 3. The Kier molecular flexibility index (Phi) is 5.55. The SMILES string of the molecule is CCOP(=O)(C/C(=C/C1CCCCC1)C(=O)O)C1CC1(C)C. The highest BCUT2D eigenvalue weighted by atomic mass is 31.2. The first kappa shape index (κ1) is 17.7. The van der Waals surface area contributed by atoms with Crippen molar-refractivity contribution in [1.82, 2.24) is 0 Å². The molecule has 2 aliphatic rings. The summed E-state index contributed by atoms with van der Waals surface area (Å²) >= 11 is 0. The van der Waals surface area contributed by atoms with Gasteiger partial charge in [0.2, 0.25) is 7.37 Å². The third-order valence-electron chi connectivity index (χ3n) is 5.04. The number of rotatable bonds is 7. The number of aliphatic carboxylic acids is 1. The molecule has 2 aliphatic carbocycles. The Hall–Kier alpha value is -0.600. The van der Waals surface area contributed by atoms with E-state index in [1.54, 1.807) is 0 Å². The van der Waals surface area contributed by atoms with Crippen LogP contribution < -0.4 is 0 Å². The molecule has 2 saturated carbocycles. The fourth-order valence-corrected chi connectivity index (χ4v) is 7.05. The number of hydrogen-bond donors (Lipinski definition) is 1. The fraction of sp³-hybridized carbons (Fsp3) is 0.824. The van der Waals surface area contributed by atoms with Crippen molar-refractivity contribution in [2.75, 3.05) is 12.8 Å². The lowest BCUT2D eigenvalue weighted by molar-refractivity contribution is -0.132. The highest BCUT2D eigenvalue weighted by Gasteiger charge is 2.57. The quantitative estimate of drug-likeness (QED) is 0.544. The molecule has 0 aromatic heterocycles. The van der Waals surface area contributed by atoms with Gasteiger partial charge in [0.25, 0.3) is 0 Å². The Labute approximate surface area is 133 Å². The maximum absolute atomic E-state index is 13.2. The number of allylic oxidation sites excluding steroid dienone is 1. The highest BCUT2D eigenvalue weighted by Crippen LogP contribution is 2.70. The van der Waals surface area contributed by atoms with Crippen molar-refractivity contribution < 1.29 is 19.0 Å². The second-order valence-corrected chi connectivity index (χ2v) is 10.1. The maximum Gasteiger partial charge on any atom is 0.331 e. The van der Waals surface area contributed by atoms with Gasteiger partial charge in [0.05, 0.1) is 12.8 Å². The van der Waals surface area contributed by atoms with Crippen molar-refractivity contribution in [3.8, 4) is 0 Å². The van der Waals surface area contributed by atoms with Gasteiger partial charge < -0.3 is 9.63 Å². The third kappa shape index (κ3) is 4.23. The largest absolute Gasteiger partial charge is 0.478 e. The summed E-state index contributed by atoms with van der Waals surface area (Å²) in [5.74, 6) is -0.619. The predicted molar refractivity (Wildman–Crippen MR) is 88.6 cm³/mol. The minimum Gasteiger partial charge on any atom is -0.478 e. The molecule has 0 aliphatic heterocycles. The van der Waals surface area contributed by atoms with E-state index in [-0.39, 0.29) is 17.2 Å². The molecule has 2 fully saturated rings. The van der Waals surface area contributed by atoms with E-state index in [0.29, 0.717) is 18.1 Å². The van der Waals surface area contributed by atoms with Gasteiger partial charge in [-0.2, -0.15) is 0 Å². The molecule has 0 bridgehead atoms. The minimum atomic E-state index is -2.93. The van der Waals surface area contributed by atoms with E-state index < -0.39 is 13.3 Å². The van der Waals surface area contributed by atoms with Gasteiger partial charge in [-0.1, -0.05) is 39.2 Å². The zero-order valence-electron chi connectivity index (χ0n) is 14.0. The zero-order chi connectivity index (χ0) is 16.4. The number of carboxylic acid groups (broad SMARTS) is 1. The van der Waals surface area contributed by atoms with Gasteiger partial charge in [0.1, 0.15) is 0 Å². The van der Waals surface area contributed by atoms with Crippen LogP contribution in [0.1, 0.15) is 59.3 Å². The number of carbonyl (C=O) groups is 1. The summed E-state index contributed by atoms with van der Waals surface area (Å²) in [4.78, 5) is 11.6. The van der Waals surface area contributed by atoms with Crippen LogP contribution in [-0.4, -0.2) is 29.5 Å². The Bertz CT molecular complexity index is 489. The molecule has 0 heterocycles. The predicted octanol–water partition coefficient (Wildman–Crippen LogP) is 4.69. The van der Waals surface area contributed by atoms with Crippen LogP contribution in [0.2, 0.25) is 0 Å². The smallest absolute Gasteiger partial charge is 0.331 e. The maximum atomic E-state index is 13.2. The molecule has 0 aromatic carbocycles. The van der Waals surface area contributed by atoms with Gasteiger partial charge in [-0.3, -0.25) is 4.57 Å². The molecule has 2 atom stereocenters. The van der Waals surface area contributed by atoms with E-state index >= 15 is 0 Å². The Morgan fingerprint density at radius 3 is 2.36 bits per heavy atom. The average Bonchev–Trinajstić information content (AvgIpc) is 3.09. The van der Waals surface area contributed by atoms with E-state index in [1.165, 1.54) is 6.42 Å². The van der Waals surface area contributed by atoms with Gasteiger partial charge in [0.15, 0.2) is 0 Å². The Balaban J connectivity index is 2.15. The topological polar surface area (TPSA) is 63.6 Å². The Morgan fingerprint density at radius 1 is 1.32 bits per heavy atom. The molecule has 0 saturated heterocycles. The van der Waals surface area contributed by atoms with Crippen molar-refractivity contribution in [2.45, 2.75) is 65.0 Å². The summed E-state index contributed by atoms with van der Waals surface area (Å²) in [5, 5.41) is 9.52. The van der Waals surface area contributed by atoms with Crippen LogP contribution >= 0.6 is 7.37 Å². The van der Waals surface area contributed by atoms with Crippen LogP contribution in [0, 0.1) is 11.3 Å². The lowest BCUT2D eigenvalue weighted by atomic mass is 9.88. The second-order valence-electron chi connectivity index (χ2n) is 7.41. The lowest BCUT2D eigenvalue weighted by Gasteiger charge is -2.22. The number of carboxylic acids is 1. The summed E-state index contributed by atoms with van der Waals surface area (Å²) in [6.45, 7) is 6.36. The molecular weight excluding hydrogens is 299 g/mol. The lowest BCUT2D eigenvalue weighted by Crippen LogP contribution is -2.14. The molecular formula is C17H29O4P. The fourth-order valence-electron chi connectivity index (χ4n) is 3.59. The summed E-state index contributed by atoms with van der Waals surface area (Å²) in [6, 6.07) is 0. The first-order valence-corrected chi connectivity index (χ1v) is 10.3. The van der Waals surface area contributed by atoms with E-state index in [9.17, 15) is 14.5 Å². The third-order valence-corrected chi connectivity index (χ3v) is 8.34.